The van der Waals surface area contributed by atoms with Gasteiger partial charge in [-0.15, -0.1) is 0 Å². The molecule has 2 aliphatic heterocycles. The number of allylic oxidation sites excluding steroid dienone is 3. The molecule has 0 saturated carbocycles. The molecule has 0 radical (unpaired) electrons. The molecule has 1 atom stereocenters. The molecular weight excluding hydrogens is 298 g/mol. The van der Waals surface area contributed by atoms with Gasteiger partial charge in [0.1, 0.15) is 5.76 Å². The number of nitrogens with zero attached hydrogens (tertiary/aromatic N) is 2. The summed E-state index contributed by atoms with van der Waals surface area (Å²) in [6.45, 7) is 4.32. The molecule has 0 aliphatic carbocycles. The fraction of sp³-hybridized carbons (Fsp3) is 0.400. The van der Waals surface area contributed by atoms with Crippen molar-refractivity contribution in [2.24, 2.45) is 9.98 Å². The van der Waals surface area contributed by atoms with Crippen LogP contribution in [-0.4, -0.2) is 24.0 Å². The van der Waals surface area contributed by atoms with Crippen LogP contribution in [0.25, 0.3) is 0 Å². The quantitative estimate of drug-likeness (QED) is 0.727. The van der Waals surface area contributed by atoms with E-state index in [-0.39, 0.29) is 0 Å². The van der Waals surface area contributed by atoms with Gasteiger partial charge in [0, 0.05) is 18.1 Å². The molecule has 1 aromatic rings. The zero-order chi connectivity index (χ0) is 17.0. The number of H-pyrrole nitrogens is 1. The second-order valence-electron chi connectivity index (χ2n) is 6.26. The number of nitrogens with one attached hydrogen (secondary N) is 1. The second-order valence-corrected chi connectivity index (χ2v) is 6.26. The van der Waals surface area contributed by atoms with Gasteiger partial charge < -0.3 is 9.72 Å². The summed E-state index contributed by atoms with van der Waals surface area (Å²) in [5.74, 6) is 0.804. The smallest absolute Gasteiger partial charge is 0.177 e. The summed E-state index contributed by atoms with van der Waals surface area (Å²) in [6.07, 6.45) is 14.7. The number of methoxy groups -OCH3 is 1. The first-order valence-corrected chi connectivity index (χ1v) is 8.62. The lowest BCUT2D eigenvalue weighted by Crippen LogP contribution is -2.23. The van der Waals surface area contributed by atoms with Crippen LogP contribution in [0.3, 0.4) is 0 Å². The van der Waals surface area contributed by atoms with Crippen molar-refractivity contribution in [2.75, 3.05) is 7.11 Å². The number of hydrogen-bond acceptors (Lipinski definition) is 3. The molecule has 0 amide bonds. The van der Waals surface area contributed by atoms with Crippen molar-refractivity contribution in [1.29, 1.82) is 0 Å². The third kappa shape index (κ3) is 3.01. The molecule has 0 bridgehead atoms. The third-order valence-electron chi connectivity index (χ3n) is 4.60. The molecule has 3 heterocycles. The van der Waals surface area contributed by atoms with E-state index in [4.69, 9.17) is 14.7 Å². The zero-order valence-electron chi connectivity index (χ0n) is 14.7. The standard InChI is InChI=1S/C20H25N3O/c1-4-5-6-8-16-13-17(23-15(16)2)14-20(18-9-7-11-21-18)19(24-3)10-12-22-20/h7,9-14,21H,4-6,8H2,1-3H3/b17-14+. The molecule has 1 N–H and O–H groups in total. The fourth-order valence-electron chi connectivity index (χ4n) is 3.28. The average Bonchev–Trinajstić information content (AvgIpc) is 3.29. The first kappa shape index (κ1) is 16.5. The lowest BCUT2D eigenvalue weighted by molar-refractivity contribution is 0.245. The first-order valence-electron chi connectivity index (χ1n) is 8.62. The molecule has 3 rings (SSSR count). The van der Waals surface area contributed by atoms with Gasteiger partial charge >= 0.3 is 0 Å². The van der Waals surface area contributed by atoms with E-state index in [1.54, 1.807) is 13.3 Å². The van der Waals surface area contributed by atoms with Crippen molar-refractivity contribution in [2.45, 2.75) is 45.1 Å². The van der Waals surface area contributed by atoms with Crippen molar-refractivity contribution in [3.8, 4) is 0 Å². The summed E-state index contributed by atoms with van der Waals surface area (Å²) in [7, 11) is 1.69. The number of ether oxygens (including phenoxy) is 1. The minimum absolute atomic E-state index is 0.646. The van der Waals surface area contributed by atoms with Crippen molar-refractivity contribution in [3.63, 3.8) is 0 Å². The van der Waals surface area contributed by atoms with Crippen molar-refractivity contribution in [1.82, 2.24) is 4.98 Å². The van der Waals surface area contributed by atoms with Crippen LogP contribution in [-0.2, 0) is 10.3 Å². The molecule has 0 spiro atoms. The van der Waals surface area contributed by atoms with Gasteiger partial charge in [0.25, 0.3) is 0 Å². The Hall–Kier alpha value is -2.36. The summed E-state index contributed by atoms with van der Waals surface area (Å²) >= 11 is 0. The van der Waals surface area contributed by atoms with Crippen LogP contribution in [0.15, 0.2) is 63.6 Å². The summed E-state index contributed by atoms with van der Waals surface area (Å²) in [5.41, 5.74) is 3.74. The molecule has 0 aromatic carbocycles. The maximum atomic E-state index is 5.60. The Balaban J connectivity index is 1.93. The highest BCUT2D eigenvalue weighted by Gasteiger charge is 2.39. The van der Waals surface area contributed by atoms with Crippen molar-refractivity contribution in [3.05, 3.63) is 59.3 Å². The van der Waals surface area contributed by atoms with Crippen molar-refractivity contribution >= 4 is 11.9 Å². The highest BCUT2D eigenvalue weighted by molar-refractivity contribution is 6.01. The van der Waals surface area contributed by atoms with Gasteiger partial charge in [0.05, 0.1) is 18.5 Å². The molecule has 0 saturated heterocycles. The largest absolute Gasteiger partial charge is 0.498 e. The first-order chi connectivity index (χ1) is 11.7. The monoisotopic (exact) mass is 323 g/mol. The Morgan fingerprint density at radius 2 is 2.21 bits per heavy atom. The number of aromatic nitrogens is 1. The van der Waals surface area contributed by atoms with Gasteiger partial charge in [-0.2, -0.15) is 0 Å². The van der Waals surface area contributed by atoms with E-state index in [0.29, 0.717) is 0 Å². The topological polar surface area (TPSA) is 49.7 Å². The third-order valence-corrected chi connectivity index (χ3v) is 4.60. The highest BCUT2D eigenvalue weighted by atomic mass is 16.5. The Kier molecular flexibility index (Phi) is 4.84. The van der Waals surface area contributed by atoms with Gasteiger partial charge in [-0.1, -0.05) is 19.8 Å². The van der Waals surface area contributed by atoms with E-state index in [2.05, 4.69) is 31.0 Å². The van der Waals surface area contributed by atoms with E-state index in [1.165, 1.54) is 24.8 Å². The van der Waals surface area contributed by atoms with Crippen LogP contribution < -0.4 is 0 Å². The van der Waals surface area contributed by atoms with Gasteiger partial charge in [-0.25, -0.2) is 0 Å². The maximum Gasteiger partial charge on any atom is 0.177 e. The molecule has 24 heavy (non-hydrogen) atoms. The normalized spacial score (nSPS) is 24.3. The predicted octanol–water partition coefficient (Wildman–Crippen LogP) is 4.69. The number of aromatic amines is 1. The number of hydrogen-bond donors (Lipinski definition) is 1. The van der Waals surface area contributed by atoms with Gasteiger partial charge in [0.2, 0.25) is 0 Å². The number of aliphatic imine (C=N–C) groups is 2. The molecular formula is C20H25N3O. The second kappa shape index (κ2) is 7.04. The Morgan fingerprint density at radius 3 is 2.92 bits per heavy atom. The van der Waals surface area contributed by atoms with Crippen LogP contribution in [0.5, 0.6) is 0 Å². The lowest BCUT2D eigenvalue weighted by atomic mass is 9.93. The van der Waals surface area contributed by atoms with Crippen LogP contribution >= 0.6 is 0 Å². The molecule has 1 aromatic heterocycles. The summed E-state index contributed by atoms with van der Waals surface area (Å²) in [5, 5.41) is 0. The molecule has 0 fully saturated rings. The maximum absolute atomic E-state index is 5.60. The van der Waals surface area contributed by atoms with E-state index < -0.39 is 5.54 Å². The summed E-state index contributed by atoms with van der Waals surface area (Å²) in [6, 6.07) is 4.01. The van der Waals surface area contributed by atoms with Gasteiger partial charge in [-0.05, 0) is 55.7 Å². The zero-order valence-corrected chi connectivity index (χ0v) is 14.7. The van der Waals surface area contributed by atoms with Gasteiger partial charge in [-0.3, -0.25) is 9.98 Å². The molecule has 4 nitrogen and oxygen atoms in total. The van der Waals surface area contributed by atoms with Crippen LogP contribution in [0.2, 0.25) is 0 Å². The minimum atomic E-state index is -0.646. The fourth-order valence-corrected chi connectivity index (χ4v) is 3.28. The molecule has 1 unspecified atom stereocenters. The Morgan fingerprint density at radius 1 is 1.33 bits per heavy atom. The summed E-state index contributed by atoms with van der Waals surface area (Å²) in [4.78, 5) is 12.7. The SMILES string of the molecule is CCCCCC1=C/C(=C\C2(c3ccc[nH]3)N=CC=C2OC)N=C1C. The predicted molar refractivity (Wildman–Crippen MR) is 99.5 cm³/mol. The van der Waals surface area contributed by atoms with E-state index in [1.807, 2.05) is 24.4 Å². The molecule has 2 aliphatic rings. The molecule has 126 valence electrons. The van der Waals surface area contributed by atoms with Crippen LogP contribution in [0.4, 0.5) is 0 Å². The summed E-state index contributed by atoms with van der Waals surface area (Å²) < 4.78 is 5.60. The Labute approximate surface area is 143 Å². The van der Waals surface area contributed by atoms with Crippen LogP contribution in [0.1, 0.15) is 45.2 Å². The van der Waals surface area contributed by atoms with E-state index in [0.717, 1.165) is 29.3 Å². The minimum Gasteiger partial charge on any atom is -0.498 e. The van der Waals surface area contributed by atoms with E-state index in [9.17, 15) is 0 Å². The molecule has 4 heteroatoms. The number of rotatable bonds is 7. The average molecular weight is 323 g/mol. The Bertz CT molecular complexity index is 735. The number of unbranched alkanes of at least 4 members (excludes halogenated alkanes) is 2. The van der Waals surface area contributed by atoms with Crippen LogP contribution in [0, 0.1) is 0 Å². The lowest BCUT2D eigenvalue weighted by Gasteiger charge is -2.24. The highest BCUT2D eigenvalue weighted by Crippen LogP contribution is 2.39. The van der Waals surface area contributed by atoms with E-state index >= 15 is 0 Å². The van der Waals surface area contributed by atoms with Crippen molar-refractivity contribution < 1.29 is 4.74 Å². The van der Waals surface area contributed by atoms with Gasteiger partial charge in [0.15, 0.2) is 5.54 Å².